The van der Waals surface area contributed by atoms with E-state index in [1.165, 1.54) is 12.1 Å². The topological polar surface area (TPSA) is 156 Å². The third kappa shape index (κ3) is 5.76. The molecule has 0 saturated heterocycles. The van der Waals surface area contributed by atoms with Gasteiger partial charge in [-0.15, -0.1) is 0 Å². The van der Waals surface area contributed by atoms with E-state index >= 15 is 0 Å². The summed E-state index contributed by atoms with van der Waals surface area (Å²) in [5.74, 6) is -3.62. The zero-order valence-electron chi connectivity index (χ0n) is 11.3. The van der Waals surface area contributed by atoms with E-state index in [1.807, 2.05) is 0 Å². The Morgan fingerprint density at radius 1 is 0.652 bits per heavy atom. The number of aromatic hydroxyl groups is 4. The van der Waals surface area contributed by atoms with E-state index in [1.54, 1.807) is 0 Å². The SMILES string of the molecule is O=C(O)c1ccc(O)cc1O.O=C(O)c1ccc(O)cc1O.[Ni]. The fraction of sp³-hybridized carbons (Fsp3) is 0. The van der Waals surface area contributed by atoms with E-state index in [4.69, 9.17) is 30.6 Å². The Bertz CT molecular complexity index is 652. The minimum absolute atomic E-state index is 0. The van der Waals surface area contributed by atoms with Crippen molar-refractivity contribution < 1.29 is 56.7 Å². The molecule has 0 aliphatic carbocycles. The average Bonchev–Trinajstić information content (AvgIpc) is 2.38. The van der Waals surface area contributed by atoms with Gasteiger partial charge >= 0.3 is 11.9 Å². The summed E-state index contributed by atoms with van der Waals surface area (Å²) < 4.78 is 0. The summed E-state index contributed by atoms with van der Waals surface area (Å²) in [7, 11) is 0. The Hall–Kier alpha value is -2.93. The normalized spacial score (nSPS) is 9.04. The number of rotatable bonds is 2. The second kappa shape index (κ2) is 8.50. The second-order valence-electron chi connectivity index (χ2n) is 4.01. The molecular weight excluding hydrogens is 355 g/mol. The quantitative estimate of drug-likeness (QED) is 0.437. The van der Waals surface area contributed by atoms with E-state index in [2.05, 4.69) is 0 Å². The molecule has 0 unspecified atom stereocenters. The van der Waals surface area contributed by atoms with Crippen molar-refractivity contribution in [3.63, 3.8) is 0 Å². The van der Waals surface area contributed by atoms with Gasteiger partial charge in [-0.2, -0.15) is 0 Å². The number of carboxylic acid groups (broad SMARTS) is 2. The number of phenolic OH excluding ortho intramolecular Hbond substituents is 2. The van der Waals surface area contributed by atoms with Gasteiger partial charge in [0.1, 0.15) is 34.1 Å². The van der Waals surface area contributed by atoms with Gasteiger partial charge < -0.3 is 30.6 Å². The van der Waals surface area contributed by atoms with Gasteiger partial charge in [-0.3, -0.25) is 0 Å². The van der Waals surface area contributed by atoms with Crippen LogP contribution in [0.25, 0.3) is 0 Å². The van der Waals surface area contributed by atoms with Crippen LogP contribution in [0.2, 0.25) is 0 Å². The molecule has 0 fully saturated rings. The van der Waals surface area contributed by atoms with E-state index in [9.17, 15) is 9.59 Å². The Kier molecular flexibility index (Phi) is 7.42. The van der Waals surface area contributed by atoms with Gasteiger partial charge in [-0.1, -0.05) is 0 Å². The summed E-state index contributed by atoms with van der Waals surface area (Å²) in [5, 5.41) is 52.2. The molecule has 0 aromatic heterocycles. The zero-order chi connectivity index (χ0) is 16.9. The van der Waals surface area contributed by atoms with Gasteiger partial charge in [0.2, 0.25) is 0 Å². The van der Waals surface area contributed by atoms with Crippen molar-refractivity contribution in [1.29, 1.82) is 0 Å². The minimum Gasteiger partial charge on any atom is -0.508 e. The molecule has 0 atom stereocenters. The van der Waals surface area contributed by atoms with E-state index in [0.717, 1.165) is 24.3 Å². The van der Waals surface area contributed by atoms with Crippen LogP contribution in [0.5, 0.6) is 23.0 Å². The van der Waals surface area contributed by atoms with Gasteiger partial charge in [-0.05, 0) is 24.3 Å². The van der Waals surface area contributed by atoms with Crippen molar-refractivity contribution in [3.8, 4) is 23.0 Å². The summed E-state index contributed by atoms with van der Waals surface area (Å²) >= 11 is 0. The van der Waals surface area contributed by atoms with Crippen LogP contribution in [0.15, 0.2) is 36.4 Å². The molecule has 0 heterocycles. The molecule has 2 rings (SSSR count). The van der Waals surface area contributed by atoms with Crippen molar-refractivity contribution in [3.05, 3.63) is 47.5 Å². The van der Waals surface area contributed by atoms with Crippen LogP contribution in [0.4, 0.5) is 0 Å². The first-order valence-corrected chi connectivity index (χ1v) is 5.73. The minimum atomic E-state index is -1.22. The number of phenols is 4. The number of carboxylic acids is 2. The summed E-state index contributed by atoms with van der Waals surface area (Å²) in [6.07, 6.45) is 0. The summed E-state index contributed by atoms with van der Waals surface area (Å²) in [5.41, 5.74) is -0.439. The maximum absolute atomic E-state index is 10.3. The van der Waals surface area contributed by atoms with E-state index < -0.39 is 23.4 Å². The fourth-order valence-electron chi connectivity index (χ4n) is 1.40. The fourth-order valence-corrected chi connectivity index (χ4v) is 1.40. The molecule has 0 aliphatic heterocycles. The van der Waals surface area contributed by atoms with Crippen LogP contribution in [0.1, 0.15) is 20.7 Å². The van der Waals surface area contributed by atoms with Gasteiger partial charge in [0.15, 0.2) is 0 Å². The Labute approximate surface area is 139 Å². The molecule has 0 amide bonds. The molecule has 6 N–H and O–H groups in total. The van der Waals surface area contributed by atoms with Gasteiger partial charge in [0.25, 0.3) is 0 Å². The average molecular weight is 367 g/mol. The first-order valence-electron chi connectivity index (χ1n) is 5.73. The van der Waals surface area contributed by atoms with Gasteiger partial charge in [-0.25, -0.2) is 9.59 Å². The number of hydrogen-bond acceptors (Lipinski definition) is 6. The van der Waals surface area contributed by atoms with Crippen LogP contribution >= 0.6 is 0 Å². The number of benzene rings is 2. The molecule has 23 heavy (non-hydrogen) atoms. The largest absolute Gasteiger partial charge is 0.508 e. The molecule has 2 aromatic carbocycles. The Morgan fingerprint density at radius 3 is 1.17 bits per heavy atom. The van der Waals surface area contributed by atoms with Crippen LogP contribution in [-0.2, 0) is 16.5 Å². The maximum atomic E-state index is 10.3. The molecule has 9 heteroatoms. The smallest absolute Gasteiger partial charge is 0.339 e. The van der Waals surface area contributed by atoms with Gasteiger partial charge in [0, 0.05) is 28.6 Å². The van der Waals surface area contributed by atoms with Gasteiger partial charge in [0.05, 0.1) is 0 Å². The molecule has 126 valence electrons. The van der Waals surface area contributed by atoms with E-state index in [-0.39, 0.29) is 39.1 Å². The number of carbonyl (C=O) groups is 2. The maximum Gasteiger partial charge on any atom is 0.339 e. The van der Waals surface area contributed by atoms with Crippen LogP contribution in [-0.4, -0.2) is 42.6 Å². The number of hydrogen-bond donors (Lipinski definition) is 6. The number of aromatic carboxylic acids is 2. The molecule has 0 saturated carbocycles. The van der Waals surface area contributed by atoms with Crippen molar-refractivity contribution in [1.82, 2.24) is 0 Å². The molecule has 2 aromatic rings. The van der Waals surface area contributed by atoms with Crippen molar-refractivity contribution in [2.75, 3.05) is 0 Å². The first-order chi connectivity index (χ1) is 10.2. The predicted molar refractivity (Wildman–Crippen MR) is 73.5 cm³/mol. The standard InChI is InChI=1S/2C7H6O4.Ni/c2*8-4-1-2-5(7(10)11)6(9)3-4;/h2*1-3,8-9H,(H,10,11);. The van der Waals surface area contributed by atoms with Crippen molar-refractivity contribution in [2.45, 2.75) is 0 Å². The summed E-state index contributed by atoms with van der Waals surface area (Å²) in [6, 6.07) is 6.61. The first kappa shape index (κ1) is 20.1. The van der Waals surface area contributed by atoms with E-state index in [0.29, 0.717) is 0 Å². The summed E-state index contributed by atoms with van der Waals surface area (Å²) in [6.45, 7) is 0. The monoisotopic (exact) mass is 366 g/mol. The predicted octanol–water partition coefficient (Wildman–Crippen LogP) is 1.59. The third-order valence-corrected chi connectivity index (χ3v) is 2.42. The molecular formula is C14H12NiO8. The van der Waals surface area contributed by atoms with Crippen LogP contribution in [0.3, 0.4) is 0 Å². The van der Waals surface area contributed by atoms with Crippen LogP contribution in [0, 0.1) is 0 Å². The molecule has 0 radical (unpaired) electrons. The molecule has 0 bridgehead atoms. The zero-order valence-corrected chi connectivity index (χ0v) is 12.3. The molecule has 0 aliphatic rings. The second-order valence-corrected chi connectivity index (χ2v) is 4.01. The van der Waals surface area contributed by atoms with Crippen molar-refractivity contribution in [2.24, 2.45) is 0 Å². The third-order valence-electron chi connectivity index (χ3n) is 2.42. The Morgan fingerprint density at radius 2 is 0.957 bits per heavy atom. The Balaban J connectivity index is 0.000000403. The summed E-state index contributed by atoms with van der Waals surface area (Å²) in [4.78, 5) is 20.6. The van der Waals surface area contributed by atoms with Crippen molar-refractivity contribution >= 4 is 11.9 Å². The van der Waals surface area contributed by atoms with Crippen LogP contribution < -0.4 is 0 Å². The molecule has 0 spiro atoms. The molecule has 8 nitrogen and oxygen atoms in total.